The summed E-state index contributed by atoms with van der Waals surface area (Å²) in [6.45, 7) is 3.96. The van der Waals surface area contributed by atoms with E-state index in [1.165, 1.54) is 0 Å². The lowest BCUT2D eigenvalue weighted by molar-refractivity contribution is 0.397. The highest BCUT2D eigenvalue weighted by Crippen LogP contribution is 2.38. The van der Waals surface area contributed by atoms with Gasteiger partial charge in [-0.15, -0.1) is 0 Å². The van der Waals surface area contributed by atoms with Crippen molar-refractivity contribution in [2.45, 2.75) is 13.8 Å². The Bertz CT molecular complexity index is 545. The topological polar surface area (TPSA) is 44.2 Å². The average molecular weight is 244 g/mol. The largest absolute Gasteiger partial charge is 0.496 e. The van der Waals surface area contributed by atoms with E-state index >= 15 is 0 Å². The fourth-order valence-electron chi connectivity index (χ4n) is 1.87. The van der Waals surface area contributed by atoms with Crippen molar-refractivity contribution in [3.63, 3.8) is 0 Å². The number of hydrogen-bond acceptors (Lipinski definition) is 4. The van der Waals surface area contributed by atoms with Crippen molar-refractivity contribution >= 4 is 0 Å². The number of aryl methyl sites for hydroxylation is 1. The maximum absolute atomic E-state index is 5.40. The van der Waals surface area contributed by atoms with Crippen LogP contribution in [-0.2, 0) is 0 Å². The fraction of sp³-hybridized carbons (Fsp3) is 0.286. The van der Waals surface area contributed by atoms with Gasteiger partial charge in [-0.1, -0.05) is 6.07 Å². The quantitative estimate of drug-likeness (QED) is 0.832. The molecule has 0 spiro atoms. The predicted octanol–water partition coefficient (Wildman–Crippen LogP) is 2.78. The second-order valence-electron chi connectivity index (χ2n) is 3.97. The fourth-order valence-corrected chi connectivity index (χ4v) is 1.87. The van der Waals surface area contributed by atoms with Crippen LogP contribution in [0, 0.1) is 13.8 Å². The number of hydrogen-bond donors (Lipinski definition) is 0. The van der Waals surface area contributed by atoms with Gasteiger partial charge in [-0.3, -0.25) is 0 Å². The molecule has 0 radical (unpaired) electrons. The van der Waals surface area contributed by atoms with Gasteiger partial charge < -0.3 is 9.47 Å². The van der Waals surface area contributed by atoms with Crippen LogP contribution in [0.3, 0.4) is 0 Å². The summed E-state index contributed by atoms with van der Waals surface area (Å²) in [7, 11) is 3.28. The predicted molar refractivity (Wildman–Crippen MR) is 70.0 cm³/mol. The average Bonchev–Trinajstić information content (AvgIpc) is 2.41. The molecule has 0 aliphatic rings. The number of ether oxygens (including phenoxy) is 2. The minimum Gasteiger partial charge on any atom is -0.496 e. The summed E-state index contributed by atoms with van der Waals surface area (Å²) < 4.78 is 10.8. The number of aromatic nitrogens is 2. The van der Waals surface area contributed by atoms with Crippen LogP contribution in [-0.4, -0.2) is 24.2 Å². The van der Waals surface area contributed by atoms with Crippen molar-refractivity contribution < 1.29 is 9.47 Å². The standard InChI is InChI=1S/C14H16N2O2/c1-9-10(2)15-8-16-14(9)13-11(17-3)6-5-7-12(13)18-4/h5-8H,1-4H3. The maximum Gasteiger partial charge on any atom is 0.132 e. The summed E-state index contributed by atoms with van der Waals surface area (Å²) >= 11 is 0. The van der Waals surface area contributed by atoms with Crippen LogP contribution >= 0.6 is 0 Å². The van der Waals surface area contributed by atoms with Gasteiger partial charge in [-0.05, 0) is 31.5 Å². The molecule has 0 amide bonds. The van der Waals surface area contributed by atoms with E-state index in [9.17, 15) is 0 Å². The SMILES string of the molecule is COc1cccc(OC)c1-c1ncnc(C)c1C. The molecule has 0 saturated heterocycles. The van der Waals surface area contributed by atoms with E-state index < -0.39 is 0 Å². The van der Waals surface area contributed by atoms with E-state index in [0.29, 0.717) is 0 Å². The van der Waals surface area contributed by atoms with E-state index in [0.717, 1.165) is 34.0 Å². The van der Waals surface area contributed by atoms with Crippen molar-refractivity contribution in [2.24, 2.45) is 0 Å². The number of benzene rings is 1. The van der Waals surface area contributed by atoms with Gasteiger partial charge in [0.25, 0.3) is 0 Å². The number of nitrogens with zero attached hydrogens (tertiary/aromatic N) is 2. The molecule has 0 fully saturated rings. The van der Waals surface area contributed by atoms with Crippen LogP contribution in [0.1, 0.15) is 11.3 Å². The van der Waals surface area contributed by atoms with Crippen molar-refractivity contribution in [1.29, 1.82) is 0 Å². The highest BCUT2D eigenvalue weighted by Gasteiger charge is 2.16. The minimum atomic E-state index is 0.746. The molecule has 0 saturated carbocycles. The third kappa shape index (κ3) is 2.01. The lowest BCUT2D eigenvalue weighted by Gasteiger charge is -2.14. The summed E-state index contributed by atoms with van der Waals surface area (Å²) in [5.74, 6) is 1.49. The maximum atomic E-state index is 5.40. The number of methoxy groups -OCH3 is 2. The summed E-state index contributed by atoms with van der Waals surface area (Å²) in [5.41, 5.74) is 3.69. The molecule has 1 heterocycles. The Morgan fingerprint density at radius 2 is 1.56 bits per heavy atom. The molecule has 2 aromatic rings. The second-order valence-corrected chi connectivity index (χ2v) is 3.97. The summed E-state index contributed by atoms with van der Waals surface area (Å²) in [5, 5.41) is 0. The third-order valence-corrected chi connectivity index (χ3v) is 3.00. The highest BCUT2D eigenvalue weighted by molar-refractivity contribution is 5.76. The third-order valence-electron chi connectivity index (χ3n) is 3.00. The van der Waals surface area contributed by atoms with E-state index in [1.807, 2.05) is 32.0 Å². The molecule has 0 N–H and O–H groups in total. The van der Waals surface area contributed by atoms with Crippen molar-refractivity contribution in [3.8, 4) is 22.8 Å². The molecule has 2 rings (SSSR count). The first-order chi connectivity index (χ1) is 8.69. The molecule has 0 bridgehead atoms. The van der Waals surface area contributed by atoms with Gasteiger partial charge in [0.2, 0.25) is 0 Å². The highest BCUT2D eigenvalue weighted by atomic mass is 16.5. The summed E-state index contributed by atoms with van der Waals surface area (Å²) in [6, 6.07) is 5.69. The molecule has 94 valence electrons. The van der Waals surface area contributed by atoms with Gasteiger partial charge in [0.1, 0.15) is 17.8 Å². The van der Waals surface area contributed by atoms with Gasteiger partial charge in [-0.25, -0.2) is 9.97 Å². The Labute approximate surface area is 107 Å². The lowest BCUT2D eigenvalue weighted by Crippen LogP contribution is -1.99. The van der Waals surface area contributed by atoms with Crippen LogP contribution in [0.2, 0.25) is 0 Å². The molecule has 4 heteroatoms. The zero-order chi connectivity index (χ0) is 13.1. The normalized spacial score (nSPS) is 10.2. The Morgan fingerprint density at radius 1 is 0.944 bits per heavy atom. The van der Waals surface area contributed by atoms with E-state index in [-0.39, 0.29) is 0 Å². The van der Waals surface area contributed by atoms with Crippen LogP contribution in [0.15, 0.2) is 24.5 Å². The first-order valence-electron chi connectivity index (χ1n) is 5.68. The Morgan fingerprint density at radius 3 is 2.11 bits per heavy atom. The first-order valence-corrected chi connectivity index (χ1v) is 5.68. The van der Waals surface area contributed by atoms with E-state index in [2.05, 4.69) is 9.97 Å². The zero-order valence-electron chi connectivity index (χ0n) is 11.0. The van der Waals surface area contributed by atoms with Crippen molar-refractivity contribution in [1.82, 2.24) is 9.97 Å². The van der Waals surface area contributed by atoms with Crippen molar-refractivity contribution in [2.75, 3.05) is 14.2 Å². The minimum absolute atomic E-state index is 0.746. The molecular formula is C14H16N2O2. The summed E-state index contributed by atoms with van der Waals surface area (Å²) in [4.78, 5) is 8.54. The van der Waals surface area contributed by atoms with Gasteiger partial charge in [-0.2, -0.15) is 0 Å². The summed E-state index contributed by atoms with van der Waals surface area (Å²) in [6.07, 6.45) is 1.56. The monoisotopic (exact) mass is 244 g/mol. The van der Waals surface area contributed by atoms with Gasteiger partial charge in [0, 0.05) is 5.69 Å². The molecular weight excluding hydrogens is 228 g/mol. The lowest BCUT2D eigenvalue weighted by atomic mass is 10.0. The smallest absolute Gasteiger partial charge is 0.132 e. The van der Waals surface area contributed by atoms with Crippen LogP contribution in [0.25, 0.3) is 11.3 Å². The Balaban J connectivity index is 2.73. The van der Waals surface area contributed by atoms with Crippen molar-refractivity contribution in [3.05, 3.63) is 35.8 Å². The van der Waals surface area contributed by atoms with E-state index in [1.54, 1.807) is 20.5 Å². The van der Waals surface area contributed by atoms with Gasteiger partial charge >= 0.3 is 0 Å². The molecule has 18 heavy (non-hydrogen) atoms. The second kappa shape index (κ2) is 5.04. The van der Waals surface area contributed by atoms with Crippen LogP contribution in [0.5, 0.6) is 11.5 Å². The van der Waals surface area contributed by atoms with Crippen LogP contribution < -0.4 is 9.47 Å². The molecule has 0 unspecified atom stereocenters. The number of rotatable bonds is 3. The van der Waals surface area contributed by atoms with Gasteiger partial charge in [0.15, 0.2) is 0 Å². The van der Waals surface area contributed by atoms with Crippen LogP contribution in [0.4, 0.5) is 0 Å². The molecule has 4 nitrogen and oxygen atoms in total. The molecule has 1 aromatic carbocycles. The first kappa shape index (κ1) is 12.4. The molecule has 0 atom stereocenters. The molecule has 1 aromatic heterocycles. The zero-order valence-corrected chi connectivity index (χ0v) is 11.0. The Kier molecular flexibility index (Phi) is 3.46. The van der Waals surface area contributed by atoms with E-state index in [4.69, 9.17) is 9.47 Å². The molecule has 0 aliphatic carbocycles. The Hall–Kier alpha value is -2.10. The molecule has 0 aliphatic heterocycles. The van der Waals surface area contributed by atoms with Gasteiger partial charge in [0.05, 0.1) is 25.5 Å².